The van der Waals surface area contributed by atoms with Gasteiger partial charge in [-0.2, -0.15) is 0 Å². The molecule has 240 valence electrons. The van der Waals surface area contributed by atoms with Crippen molar-refractivity contribution in [3.05, 3.63) is 75.1 Å². The molecule has 1 aliphatic carbocycles. The highest BCUT2D eigenvalue weighted by atomic mass is 35.5. The van der Waals surface area contributed by atoms with Crippen LogP contribution in [0, 0.1) is 11.3 Å². The summed E-state index contributed by atoms with van der Waals surface area (Å²) in [5, 5.41) is 16.9. The standard InChI is InChI=1S/C35H42ClN3O6/c1-34(2,3)38-33(44)35(23-8-5-4-6-9-23)16-18-39(19-17-35)32(43)26(20-22-12-14-24(36)15-13-22)37-31(42)29-21-28(41)25-10-7-11-27(40)30(25)45-29/h7,10-15,21,23,26,40H,4-6,8-9,16-20H2,1-3H3,(H,37,42)(H,38,44)/t26-/m1/s1. The SMILES string of the molecule is CC(C)(C)NC(=O)C1(C2CCCCC2)CCN(C(=O)[C@@H](Cc2ccc(Cl)cc2)NC(=O)c2cc(=O)c3cccc(O)c3o2)CC1. The highest BCUT2D eigenvalue weighted by Gasteiger charge is 2.49. The normalized spacial score (nSPS) is 17.9. The Hall–Kier alpha value is -3.85. The Kier molecular flexibility index (Phi) is 9.58. The van der Waals surface area contributed by atoms with E-state index in [-0.39, 0.29) is 52.2 Å². The van der Waals surface area contributed by atoms with Crippen molar-refractivity contribution in [1.29, 1.82) is 0 Å². The van der Waals surface area contributed by atoms with Crippen molar-refractivity contribution in [2.45, 2.75) is 83.7 Å². The average molecular weight is 636 g/mol. The Labute approximate surface area is 268 Å². The minimum atomic E-state index is -0.977. The molecule has 1 atom stereocenters. The van der Waals surface area contributed by atoms with Gasteiger partial charge in [0.05, 0.1) is 10.8 Å². The number of hydrogen-bond acceptors (Lipinski definition) is 6. The molecule has 0 unspecified atom stereocenters. The van der Waals surface area contributed by atoms with Gasteiger partial charge in [0.15, 0.2) is 22.5 Å². The minimum Gasteiger partial charge on any atom is -0.504 e. The van der Waals surface area contributed by atoms with Crippen LogP contribution in [-0.2, 0) is 16.0 Å². The minimum absolute atomic E-state index is 0.0644. The van der Waals surface area contributed by atoms with E-state index in [0.29, 0.717) is 31.0 Å². The maximum absolute atomic E-state index is 14.1. The summed E-state index contributed by atoms with van der Waals surface area (Å²) in [6.07, 6.45) is 6.68. The molecule has 3 amide bonds. The highest BCUT2D eigenvalue weighted by molar-refractivity contribution is 6.30. The number of hydrogen-bond donors (Lipinski definition) is 3. The lowest BCUT2D eigenvalue weighted by Gasteiger charge is -2.48. The summed E-state index contributed by atoms with van der Waals surface area (Å²) in [5.74, 6) is -1.27. The van der Waals surface area contributed by atoms with Crippen LogP contribution in [0.1, 0.15) is 81.8 Å². The molecule has 1 saturated carbocycles. The number of nitrogens with one attached hydrogen (secondary N) is 2. The molecule has 5 rings (SSSR count). The molecular weight excluding hydrogens is 594 g/mol. The van der Waals surface area contributed by atoms with Crippen molar-refractivity contribution in [2.75, 3.05) is 13.1 Å². The number of rotatable bonds is 7. The van der Waals surface area contributed by atoms with E-state index in [4.69, 9.17) is 16.0 Å². The van der Waals surface area contributed by atoms with Crippen molar-refractivity contribution < 1.29 is 23.9 Å². The zero-order valence-electron chi connectivity index (χ0n) is 26.2. The van der Waals surface area contributed by atoms with E-state index in [0.717, 1.165) is 37.3 Å². The van der Waals surface area contributed by atoms with Gasteiger partial charge in [-0.15, -0.1) is 0 Å². The van der Waals surface area contributed by atoms with E-state index >= 15 is 0 Å². The van der Waals surface area contributed by atoms with Crippen molar-refractivity contribution >= 4 is 40.3 Å². The molecular formula is C35H42ClN3O6. The van der Waals surface area contributed by atoms with E-state index in [1.807, 2.05) is 20.8 Å². The molecule has 2 aliphatic rings. The number of para-hydroxylation sites is 1. The van der Waals surface area contributed by atoms with Crippen molar-refractivity contribution in [1.82, 2.24) is 15.5 Å². The van der Waals surface area contributed by atoms with Crippen LogP contribution < -0.4 is 16.1 Å². The quantitative estimate of drug-likeness (QED) is 0.310. The first kappa shape index (κ1) is 32.5. The number of amides is 3. The molecule has 1 saturated heterocycles. The number of likely N-dealkylation sites (tertiary alicyclic amines) is 1. The zero-order chi connectivity index (χ0) is 32.4. The second-order valence-electron chi connectivity index (χ2n) is 13.5. The largest absolute Gasteiger partial charge is 0.504 e. The number of phenols is 1. The molecule has 2 fully saturated rings. The summed E-state index contributed by atoms with van der Waals surface area (Å²) in [4.78, 5) is 55.8. The smallest absolute Gasteiger partial charge is 0.287 e. The Morgan fingerprint density at radius 1 is 1.04 bits per heavy atom. The van der Waals surface area contributed by atoms with Gasteiger partial charge in [-0.25, -0.2) is 0 Å². The molecule has 0 bridgehead atoms. The summed E-state index contributed by atoms with van der Waals surface area (Å²) < 4.78 is 5.64. The van der Waals surface area contributed by atoms with E-state index < -0.39 is 22.8 Å². The number of fused-ring (bicyclic) bond motifs is 1. The van der Waals surface area contributed by atoms with Crippen LogP contribution in [0.2, 0.25) is 5.02 Å². The fourth-order valence-corrected chi connectivity index (χ4v) is 6.97. The van der Waals surface area contributed by atoms with Gasteiger partial charge in [0, 0.05) is 36.1 Å². The second-order valence-corrected chi connectivity index (χ2v) is 13.9. The summed E-state index contributed by atoms with van der Waals surface area (Å²) >= 11 is 6.09. The predicted molar refractivity (Wildman–Crippen MR) is 173 cm³/mol. The second kappa shape index (κ2) is 13.3. The Morgan fingerprint density at radius 3 is 2.36 bits per heavy atom. The fraction of sp³-hybridized carbons (Fsp3) is 0.486. The van der Waals surface area contributed by atoms with Crippen molar-refractivity contribution in [3.8, 4) is 5.75 Å². The summed E-state index contributed by atoms with van der Waals surface area (Å²) in [7, 11) is 0. The Balaban J connectivity index is 1.39. The van der Waals surface area contributed by atoms with Gasteiger partial charge in [-0.05, 0) is 82.2 Å². The molecule has 2 aromatic carbocycles. The van der Waals surface area contributed by atoms with Crippen LogP contribution in [-0.4, -0.2) is 52.4 Å². The fourth-order valence-electron chi connectivity index (χ4n) is 6.85. The van der Waals surface area contributed by atoms with E-state index in [9.17, 15) is 24.3 Å². The first-order valence-electron chi connectivity index (χ1n) is 15.8. The number of halogens is 1. The van der Waals surface area contributed by atoms with Gasteiger partial charge in [-0.1, -0.05) is 49.1 Å². The van der Waals surface area contributed by atoms with Gasteiger partial charge in [0.1, 0.15) is 6.04 Å². The first-order valence-corrected chi connectivity index (χ1v) is 16.2. The number of piperidine rings is 1. The van der Waals surface area contributed by atoms with Crippen LogP contribution in [0.25, 0.3) is 11.0 Å². The monoisotopic (exact) mass is 635 g/mol. The summed E-state index contributed by atoms with van der Waals surface area (Å²) in [6.45, 7) is 6.74. The third-order valence-electron chi connectivity index (χ3n) is 9.21. The number of carbonyl (C=O) groups is 3. The van der Waals surface area contributed by atoms with Gasteiger partial charge < -0.3 is 25.1 Å². The molecule has 0 spiro atoms. The number of carbonyl (C=O) groups excluding carboxylic acids is 3. The zero-order valence-corrected chi connectivity index (χ0v) is 26.9. The maximum Gasteiger partial charge on any atom is 0.287 e. The molecule has 3 aromatic rings. The predicted octanol–water partition coefficient (Wildman–Crippen LogP) is 5.60. The van der Waals surface area contributed by atoms with Gasteiger partial charge in [-0.3, -0.25) is 19.2 Å². The van der Waals surface area contributed by atoms with Crippen molar-refractivity contribution in [2.24, 2.45) is 11.3 Å². The molecule has 1 aromatic heterocycles. The van der Waals surface area contributed by atoms with E-state index in [2.05, 4.69) is 10.6 Å². The lowest BCUT2D eigenvalue weighted by molar-refractivity contribution is -0.147. The van der Waals surface area contributed by atoms with Gasteiger partial charge in [0.2, 0.25) is 11.8 Å². The Bertz CT molecular complexity index is 1610. The van der Waals surface area contributed by atoms with Crippen molar-refractivity contribution in [3.63, 3.8) is 0 Å². The number of phenolic OH excluding ortho intramolecular Hbond substituents is 1. The molecule has 10 heteroatoms. The molecule has 9 nitrogen and oxygen atoms in total. The topological polar surface area (TPSA) is 129 Å². The summed E-state index contributed by atoms with van der Waals surface area (Å²) in [5.41, 5.74) is -0.709. The van der Waals surface area contributed by atoms with Gasteiger partial charge in [0.25, 0.3) is 5.91 Å². The van der Waals surface area contributed by atoms with Crippen LogP contribution in [0.5, 0.6) is 5.75 Å². The molecule has 0 radical (unpaired) electrons. The van der Waals surface area contributed by atoms with Crippen LogP contribution in [0.4, 0.5) is 0 Å². The number of aromatic hydroxyl groups is 1. The lowest BCUT2D eigenvalue weighted by Crippen LogP contribution is -2.59. The number of benzene rings is 2. The van der Waals surface area contributed by atoms with E-state index in [1.165, 1.54) is 24.6 Å². The third kappa shape index (κ3) is 7.35. The molecule has 2 heterocycles. The van der Waals surface area contributed by atoms with E-state index in [1.54, 1.807) is 29.2 Å². The summed E-state index contributed by atoms with van der Waals surface area (Å²) in [6, 6.07) is 11.5. The van der Waals surface area contributed by atoms with Crippen LogP contribution in [0.3, 0.4) is 0 Å². The Morgan fingerprint density at radius 2 is 1.71 bits per heavy atom. The highest BCUT2D eigenvalue weighted by Crippen LogP contribution is 2.46. The van der Waals surface area contributed by atoms with Crippen LogP contribution in [0.15, 0.2) is 57.7 Å². The first-order chi connectivity index (χ1) is 21.4. The van der Waals surface area contributed by atoms with Crippen LogP contribution >= 0.6 is 11.6 Å². The molecule has 45 heavy (non-hydrogen) atoms. The number of nitrogens with zero attached hydrogens (tertiary/aromatic N) is 1. The van der Waals surface area contributed by atoms with Gasteiger partial charge >= 0.3 is 0 Å². The third-order valence-corrected chi connectivity index (χ3v) is 9.46. The lowest BCUT2D eigenvalue weighted by atomic mass is 9.63. The molecule has 1 aliphatic heterocycles. The average Bonchev–Trinajstić information content (AvgIpc) is 3.01. The molecule has 3 N–H and O–H groups in total. The maximum atomic E-state index is 14.1.